The molecule has 0 aliphatic carbocycles. The van der Waals surface area contributed by atoms with Crippen molar-refractivity contribution < 1.29 is 66.3 Å². The van der Waals surface area contributed by atoms with Crippen molar-refractivity contribution in [3.05, 3.63) is 111 Å². The van der Waals surface area contributed by atoms with Gasteiger partial charge in [0.15, 0.2) is 0 Å². The van der Waals surface area contributed by atoms with Crippen LogP contribution >= 0.6 is 0 Å². The van der Waals surface area contributed by atoms with Crippen LogP contribution in [0, 0.1) is 41.7 Å². The van der Waals surface area contributed by atoms with E-state index in [9.17, 15) is 19.8 Å². The van der Waals surface area contributed by atoms with Crippen LogP contribution in [0.4, 0.5) is 0 Å². The molecule has 0 amide bonds. The summed E-state index contributed by atoms with van der Waals surface area (Å²) < 4.78 is 10.7. The summed E-state index contributed by atoms with van der Waals surface area (Å²) in [5.74, 6) is -2.53. The molecule has 8 nitrogen and oxygen atoms in total. The van der Waals surface area contributed by atoms with Crippen molar-refractivity contribution in [2.45, 2.75) is 5.92 Å². The van der Waals surface area contributed by atoms with Crippen LogP contribution < -0.4 is 21.5 Å². The van der Waals surface area contributed by atoms with Gasteiger partial charge in [0, 0.05) is 40.2 Å². The van der Waals surface area contributed by atoms with Gasteiger partial charge in [-0.1, -0.05) is 54.0 Å². The van der Waals surface area contributed by atoms with E-state index in [1.165, 1.54) is 36.7 Å². The molecule has 3 aromatic heterocycles. The van der Waals surface area contributed by atoms with Gasteiger partial charge in [0.25, 0.3) is 0 Å². The van der Waals surface area contributed by atoms with Crippen molar-refractivity contribution in [3.63, 3.8) is 0 Å². The summed E-state index contributed by atoms with van der Waals surface area (Å²) in [6.45, 7) is 0. The molecule has 161 valence electrons. The molecule has 0 aliphatic rings. The topological polar surface area (TPSA) is 149 Å². The summed E-state index contributed by atoms with van der Waals surface area (Å²) in [5, 5.41) is 27.0. The molecule has 1 N–H and O–H groups in total. The van der Waals surface area contributed by atoms with Gasteiger partial charge in [-0.15, -0.1) is 0 Å². The van der Waals surface area contributed by atoms with Gasteiger partial charge in [0.2, 0.25) is 0 Å². The number of hydrogen-bond acceptors (Lipinski definition) is 8. The molecule has 0 atom stereocenters. The maximum absolute atomic E-state index is 13.3. The second-order valence-corrected chi connectivity index (χ2v) is 6.98. The molecule has 1 radical (unpaired) electrons. The smallest absolute Gasteiger partial charge is 0.872 e. The summed E-state index contributed by atoms with van der Waals surface area (Å²) in [7, 11) is 0. The average Bonchev–Trinajstić information content (AvgIpc) is 2.78. The van der Waals surface area contributed by atoms with Gasteiger partial charge in [-0.2, -0.15) is 0 Å². The molecule has 3 heterocycles. The first-order chi connectivity index (χ1) is 15.1. The SMILES string of the molecule is O=c1oc2ccccc2c([O-])c1C(c1cccnc1)c1c([O-])c2ccccc2oc1=O.[Ce+3].[OH-]. The van der Waals surface area contributed by atoms with Crippen LogP contribution in [0.3, 0.4) is 0 Å². The molecule has 0 saturated carbocycles. The zero-order valence-electron chi connectivity index (χ0n) is 16.8. The minimum Gasteiger partial charge on any atom is -0.872 e. The van der Waals surface area contributed by atoms with E-state index in [1.807, 2.05) is 0 Å². The Kier molecular flexibility index (Phi) is 7.33. The Morgan fingerprint density at radius 3 is 1.67 bits per heavy atom. The predicted molar refractivity (Wildman–Crippen MR) is 111 cm³/mol. The molecule has 2 aromatic carbocycles. The molecule has 33 heavy (non-hydrogen) atoms. The van der Waals surface area contributed by atoms with Gasteiger partial charge in [-0.3, -0.25) is 4.98 Å². The standard InChI is InChI=1S/C24H15NO6.Ce.H2O/c26-21-14-7-1-3-9-16(14)30-23(28)19(21)18(13-6-5-11-25-12-13)20-22(27)15-8-2-4-10-17(15)31-24(20)29;;/h1-12,18,26-27H;;1H2/q;+3;/p-3. The van der Waals surface area contributed by atoms with Crippen LogP contribution in [0.25, 0.3) is 21.9 Å². The monoisotopic (exact) mass is 568 g/mol. The van der Waals surface area contributed by atoms with Gasteiger partial charge >= 0.3 is 53.0 Å². The number of nitrogens with zero attached hydrogens (tertiary/aromatic N) is 1. The number of benzene rings is 2. The minimum absolute atomic E-state index is 0. The normalized spacial score (nSPS) is 10.7. The number of rotatable bonds is 3. The third-order valence-corrected chi connectivity index (χ3v) is 5.19. The first kappa shape index (κ1) is 24.6. The van der Waals surface area contributed by atoms with E-state index in [-0.39, 0.29) is 80.3 Å². The maximum Gasteiger partial charge on any atom is 3.00 e. The fraction of sp³-hybridized carbons (Fsp3) is 0.0417. The van der Waals surface area contributed by atoms with E-state index in [4.69, 9.17) is 8.83 Å². The van der Waals surface area contributed by atoms with E-state index in [2.05, 4.69) is 4.98 Å². The van der Waals surface area contributed by atoms with Gasteiger partial charge in [-0.25, -0.2) is 9.59 Å². The van der Waals surface area contributed by atoms with Crippen LogP contribution in [-0.2, 0) is 0 Å². The van der Waals surface area contributed by atoms with Crippen LogP contribution in [0.15, 0.2) is 91.5 Å². The molecule has 5 rings (SSSR count). The summed E-state index contributed by atoms with van der Waals surface area (Å²) >= 11 is 0. The second-order valence-electron chi connectivity index (χ2n) is 6.98. The second kappa shape index (κ2) is 9.83. The number of aromatic nitrogens is 1. The van der Waals surface area contributed by atoms with E-state index in [1.54, 1.807) is 36.4 Å². The van der Waals surface area contributed by atoms with Crippen LogP contribution in [0.5, 0.6) is 11.5 Å². The fourth-order valence-electron chi connectivity index (χ4n) is 3.79. The average molecular weight is 568 g/mol. The van der Waals surface area contributed by atoms with Crippen molar-refractivity contribution in [3.8, 4) is 11.5 Å². The molecule has 5 aromatic rings. The number of fused-ring (bicyclic) bond motifs is 2. The van der Waals surface area contributed by atoms with Crippen molar-refractivity contribution >= 4 is 21.9 Å². The third-order valence-electron chi connectivity index (χ3n) is 5.19. The number of hydrogen-bond donors (Lipinski definition) is 0. The van der Waals surface area contributed by atoms with Gasteiger partial charge in [0.1, 0.15) is 11.2 Å². The zero-order chi connectivity index (χ0) is 21.5. The Hall–Kier alpha value is -3.05. The van der Waals surface area contributed by atoms with E-state index < -0.39 is 28.7 Å². The Labute approximate surface area is 219 Å². The molecule has 9 heteroatoms. The van der Waals surface area contributed by atoms with Crippen molar-refractivity contribution in [1.82, 2.24) is 4.98 Å². The summed E-state index contributed by atoms with van der Waals surface area (Å²) in [5.41, 5.74) is -1.97. The van der Waals surface area contributed by atoms with Crippen LogP contribution in [-0.4, -0.2) is 10.5 Å². The Bertz CT molecular complexity index is 1460. The van der Waals surface area contributed by atoms with E-state index in [0.29, 0.717) is 5.56 Å². The summed E-state index contributed by atoms with van der Waals surface area (Å²) in [6.07, 6.45) is 2.90. The maximum atomic E-state index is 13.3. The minimum atomic E-state index is -1.30. The van der Waals surface area contributed by atoms with E-state index >= 15 is 0 Å². The van der Waals surface area contributed by atoms with Gasteiger partial charge in [0.05, 0.1) is 0 Å². The van der Waals surface area contributed by atoms with Gasteiger partial charge in [-0.05, 0) is 23.8 Å². The van der Waals surface area contributed by atoms with Crippen molar-refractivity contribution in [2.75, 3.05) is 0 Å². The summed E-state index contributed by atoms with van der Waals surface area (Å²) in [6, 6.07) is 15.8. The number of pyridine rings is 1. The molecule has 0 spiro atoms. The van der Waals surface area contributed by atoms with Crippen LogP contribution in [0.1, 0.15) is 22.6 Å². The Morgan fingerprint density at radius 2 is 1.21 bits per heavy atom. The molecule has 0 bridgehead atoms. The molecule has 0 unspecified atom stereocenters. The largest absolute Gasteiger partial charge is 3.00 e. The van der Waals surface area contributed by atoms with E-state index in [0.717, 1.165) is 0 Å². The molecule has 0 fully saturated rings. The first-order valence-corrected chi connectivity index (χ1v) is 9.41. The van der Waals surface area contributed by atoms with Crippen LogP contribution in [0.2, 0.25) is 0 Å². The van der Waals surface area contributed by atoms with Gasteiger partial charge < -0.3 is 24.5 Å². The number of para-hydroxylation sites is 2. The Balaban J connectivity index is 0.00000153. The predicted octanol–water partition coefficient (Wildman–Crippen LogP) is 2.44. The quantitative estimate of drug-likeness (QED) is 0.301. The Morgan fingerprint density at radius 1 is 0.727 bits per heavy atom. The fourth-order valence-corrected chi connectivity index (χ4v) is 3.79. The zero-order valence-corrected chi connectivity index (χ0v) is 20.0. The molecule has 0 saturated heterocycles. The summed E-state index contributed by atoms with van der Waals surface area (Å²) in [4.78, 5) is 29.8. The first-order valence-electron chi connectivity index (χ1n) is 9.41. The molecular weight excluding hydrogens is 554 g/mol. The van der Waals surface area contributed by atoms with Crippen molar-refractivity contribution in [2.24, 2.45) is 0 Å². The molecule has 0 aliphatic heterocycles. The third kappa shape index (κ3) is 4.18. The van der Waals surface area contributed by atoms with Crippen molar-refractivity contribution in [1.29, 1.82) is 0 Å². The molecular formula is C24H14CeNO7.